The van der Waals surface area contributed by atoms with Gasteiger partial charge in [-0.25, -0.2) is 0 Å². The van der Waals surface area contributed by atoms with Gasteiger partial charge in [-0.2, -0.15) is 0 Å². The summed E-state index contributed by atoms with van der Waals surface area (Å²) in [6, 6.07) is 7.20. The Balaban J connectivity index is 2.18. The number of ketones is 2. The van der Waals surface area contributed by atoms with Crippen LogP contribution < -0.4 is 0 Å². The molecule has 0 unspecified atom stereocenters. The van der Waals surface area contributed by atoms with Crippen LogP contribution in [0.25, 0.3) is 0 Å². The van der Waals surface area contributed by atoms with Crippen LogP contribution in [0.15, 0.2) is 24.3 Å². The van der Waals surface area contributed by atoms with Gasteiger partial charge in [0.05, 0.1) is 0 Å². The number of hydrogen-bond donors (Lipinski definition) is 1. The van der Waals surface area contributed by atoms with Crippen LogP contribution >= 0.6 is 11.6 Å². The molecule has 2 rings (SSSR count). The summed E-state index contributed by atoms with van der Waals surface area (Å²) in [5.41, 5.74) is 0.946. The molecule has 4 nitrogen and oxygen atoms in total. The number of Topliss-reactive ketones (excluding diaryl/α,β-unsaturated/α-hetero) is 2. The molecule has 1 aliphatic rings. The molecule has 1 fully saturated rings. The normalized spacial score (nSPS) is 24.6. The third-order valence-electron chi connectivity index (χ3n) is 3.30. The molecule has 0 amide bonds. The molecular formula is C14H15ClNO3+. The molecule has 0 bridgehead atoms. The van der Waals surface area contributed by atoms with E-state index >= 15 is 0 Å². The van der Waals surface area contributed by atoms with Gasteiger partial charge in [0.15, 0.2) is 24.5 Å². The molecular weight excluding hydrogens is 266 g/mol. The highest BCUT2D eigenvalue weighted by molar-refractivity contribution is 6.30. The minimum atomic E-state index is -0.821. The quantitative estimate of drug-likeness (QED) is 0.297. The minimum Gasteiger partial charge on any atom is -0.298 e. The third-order valence-corrected chi connectivity index (χ3v) is 3.55. The van der Waals surface area contributed by atoms with E-state index in [9.17, 15) is 9.59 Å². The van der Waals surface area contributed by atoms with Crippen LogP contribution in [0, 0.1) is 5.92 Å². The van der Waals surface area contributed by atoms with Crippen molar-refractivity contribution in [1.82, 2.24) is 0 Å². The summed E-state index contributed by atoms with van der Waals surface area (Å²) < 4.78 is 0.767. The molecule has 100 valence electrons. The SMILES string of the molecule is C[N+](O)=CC1C(=O)CC(c2ccc(Cl)cc2)CC1=O. The molecule has 0 aromatic heterocycles. The predicted molar refractivity (Wildman–Crippen MR) is 71.0 cm³/mol. The number of nitrogens with zero attached hydrogens (tertiary/aromatic N) is 1. The lowest BCUT2D eigenvalue weighted by atomic mass is 9.77. The molecule has 0 heterocycles. The summed E-state index contributed by atoms with van der Waals surface area (Å²) in [5.74, 6) is -1.22. The van der Waals surface area contributed by atoms with E-state index in [0.717, 1.165) is 10.3 Å². The van der Waals surface area contributed by atoms with Crippen LogP contribution in [-0.4, -0.2) is 34.8 Å². The zero-order valence-electron chi connectivity index (χ0n) is 10.5. The predicted octanol–water partition coefficient (Wildman–Crippen LogP) is 2.07. The first-order valence-electron chi connectivity index (χ1n) is 6.05. The Morgan fingerprint density at radius 1 is 1.21 bits per heavy atom. The Labute approximate surface area is 116 Å². The third kappa shape index (κ3) is 3.20. The lowest BCUT2D eigenvalue weighted by Gasteiger charge is -2.23. The van der Waals surface area contributed by atoms with Crippen molar-refractivity contribution in [3.05, 3.63) is 34.9 Å². The van der Waals surface area contributed by atoms with Crippen molar-refractivity contribution in [1.29, 1.82) is 0 Å². The van der Waals surface area contributed by atoms with E-state index in [0.29, 0.717) is 17.9 Å². The van der Waals surface area contributed by atoms with Crippen molar-refractivity contribution in [2.24, 2.45) is 5.92 Å². The highest BCUT2D eigenvalue weighted by atomic mass is 35.5. The van der Waals surface area contributed by atoms with Gasteiger partial charge in [-0.1, -0.05) is 23.7 Å². The van der Waals surface area contributed by atoms with Gasteiger partial charge < -0.3 is 0 Å². The minimum absolute atomic E-state index is 0.0917. The van der Waals surface area contributed by atoms with Crippen LogP contribution in [0.1, 0.15) is 24.3 Å². The van der Waals surface area contributed by atoms with Crippen molar-refractivity contribution >= 4 is 29.4 Å². The van der Waals surface area contributed by atoms with Gasteiger partial charge in [0.2, 0.25) is 6.21 Å². The molecule has 0 atom stereocenters. The van der Waals surface area contributed by atoms with Crippen molar-refractivity contribution in [3.63, 3.8) is 0 Å². The first-order valence-corrected chi connectivity index (χ1v) is 6.42. The van der Waals surface area contributed by atoms with Crippen molar-refractivity contribution in [2.45, 2.75) is 18.8 Å². The standard InChI is InChI=1S/C14H15ClNO3/c1-16(19)8-12-13(17)6-10(7-14(12)18)9-2-4-11(15)5-3-9/h2-5,8,10,12,19H,6-7H2,1H3/q+1. The second-order valence-corrected chi connectivity index (χ2v) is 5.23. The Morgan fingerprint density at radius 3 is 2.21 bits per heavy atom. The maximum atomic E-state index is 12.0. The smallest absolute Gasteiger partial charge is 0.209 e. The van der Waals surface area contributed by atoms with E-state index in [2.05, 4.69) is 0 Å². The number of benzene rings is 1. The van der Waals surface area contributed by atoms with E-state index in [4.69, 9.17) is 16.8 Å². The van der Waals surface area contributed by atoms with E-state index in [1.807, 2.05) is 12.1 Å². The van der Waals surface area contributed by atoms with Crippen LogP contribution in [0.3, 0.4) is 0 Å². The first kappa shape index (κ1) is 13.7. The maximum Gasteiger partial charge on any atom is 0.209 e. The summed E-state index contributed by atoms with van der Waals surface area (Å²) in [6.07, 6.45) is 1.87. The molecule has 0 radical (unpaired) electrons. The fourth-order valence-corrected chi connectivity index (χ4v) is 2.47. The van der Waals surface area contributed by atoms with Gasteiger partial charge in [-0.15, -0.1) is 0 Å². The van der Waals surface area contributed by atoms with E-state index in [-0.39, 0.29) is 17.5 Å². The first-order chi connectivity index (χ1) is 8.97. The highest BCUT2D eigenvalue weighted by Gasteiger charge is 2.37. The zero-order valence-corrected chi connectivity index (χ0v) is 11.3. The maximum absolute atomic E-state index is 12.0. The number of hydrogen-bond acceptors (Lipinski definition) is 3. The summed E-state index contributed by atoms with van der Waals surface area (Å²) in [6.45, 7) is 0. The molecule has 1 saturated carbocycles. The van der Waals surface area contributed by atoms with Crippen LogP contribution in [0.5, 0.6) is 0 Å². The van der Waals surface area contributed by atoms with Gasteiger partial charge in [0.25, 0.3) is 0 Å². The number of rotatable bonds is 2. The van der Waals surface area contributed by atoms with Crippen molar-refractivity contribution in [2.75, 3.05) is 7.05 Å². The number of carbonyl (C=O) groups excluding carboxylic acids is 2. The second kappa shape index (κ2) is 5.53. The second-order valence-electron chi connectivity index (χ2n) is 4.79. The molecule has 0 aliphatic heterocycles. The Bertz CT molecular complexity index is 514. The van der Waals surface area contributed by atoms with Crippen LogP contribution in [-0.2, 0) is 9.59 Å². The van der Waals surface area contributed by atoms with Gasteiger partial charge in [0.1, 0.15) is 0 Å². The van der Waals surface area contributed by atoms with Gasteiger partial charge in [-0.05, 0) is 28.4 Å². The molecule has 0 spiro atoms. The van der Waals surface area contributed by atoms with Crippen molar-refractivity contribution < 1.29 is 19.5 Å². The molecule has 0 saturated heterocycles. The largest absolute Gasteiger partial charge is 0.298 e. The van der Waals surface area contributed by atoms with Gasteiger partial charge in [-0.3, -0.25) is 14.8 Å². The highest BCUT2D eigenvalue weighted by Crippen LogP contribution is 2.31. The summed E-state index contributed by atoms with van der Waals surface area (Å²) in [7, 11) is 1.38. The molecule has 1 aromatic rings. The summed E-state index contributed by atoms with van der Waals surface area (Å²) in [4.78, 5) is 23.9. The fraction of sp³-hybridized carbons (Fsp3) is 0.357. The Morgan fingerprint density at radius 2 is 1.74 bits per heavy atom. The monoisotopic (exact) mass is 280 g/mol. The molecule has 1 N–H and O–H groups in total. The van der Waals surface area contributed by atoms with Gasteiger partial charge in [0, 0.05) is 17.9 Å². The van der Waals surface area contributed by atoms with Crippen LogP contribution in [0.2, 0.25) is 5.02 Å². The lowest BCUT2D eigenvalue weighted by molar-refractivity contribution is -0.752. The van der Waals surface area contributed by atoms with Gasteiger partial charge >= 0.3 is 0 Å². The Hall–Kier alpha value is -1.68. The average molecular weight is 281 g/mol. The molecule has 5 heteroatoms. The average Bonchev–Trinajstić information content (AvgIpc) is 2.34. The Kier molecular flexibility index (Phi) is 4.00. The molecule has 1 aromatic carbocycles. The van der Waals surface area contributed by atoms with E-state index in [1.165, 1.54) is 13.3 Å². The summed E-state index contributed by atoms with van der Waals surface area (Å²) >= 11 is 5.82. The number of carbonyl (C=O) groups is 2. The fourth-order valence-electron chi connectivity index (χ4n) is 2.34. The zero-order chi connectivity index (χ0) is 14.0. The molecule has 19 heavy (non-hydrogen) atoms. The number of halogens is 1. The summed E-state index contributed by atoms with van der Waals surface area (Å²) in [5, 5.41) is 9.74. The number of hydroxylamine groups is 1. The molecule has 1 aliphatic carbocycles. The van der Waals surface area contributed by atoms with E-state index in [1.54, 1.807) is 12.1 Å². The van der Waals surface area contributed by atoms with Crippen LogP contribution in [0.4, 0.5) is 0 Å². The lowest BCUT2D eigenvalue weighted by Crippen LogP contribution is -2.35. The van der Waals surface area contributed by atoms with Crippen molar-refractivity contribution in [3.8, 4) is 0 Å². The van der Waals surface area contributed by atoms with E-state index < -0.39 is 5.92 Å². The topological polar surface area (TPSA) is 57.4 Å².